The summed E-state index contributed by atoms with van der Waals surface area (Å²) in [7, 11) is 0.807. The van der Waals surface area contributed by atoms with E-state index in [4.69, 9.17) is 19.3 Å². The molecule has 0 aliphatic carbocycles. The maximum Gasteiger partial charge on any atom is 0.238 e. The molecule has 11 heteroatoms. The van der Waals surface area contributed by atoms with Crippen molar-refractivity contribution in [2.24, 2.45) is 5.14 Å². The fraction of sp³-hybridized carbons (Fsp3) is 0.391. The largest absolute Gasteiger partial charge is 0.496 e. The molecule has 0 aliphatic heterocycles. The summed E-state index contributed by atoms with van der Waals surface area (Å²) >= 11 is 0. The molecule has 34 heavy (non-hydrogen) atoms. The molecule has 3 aromatic rings. The molecule has 0 radical (unpaired) electrons. The lowest BCUT2D eigenvalue weighted by Crippen LogP contribution is -2.24. The van der Waals surface area contributed by atoms with E-state index >= 15 is 0 Å². The van der Waals surface area contributed by atoms with Crippen LogP contribution in [0.3, 0.4) is 0 Å². The number of sulfonamides is 1. The number of nitrogens with zero attached hydrogens (tertiary/aromatic N) is 2. The second-order valence-corrected chi connectivity index (χ2v) is 9.23. The highest BCUT2D eigenvalue weighted by Gasteiger charge is 2.16. The van der Waals surface area contributed by atoms with Gasteiger partial charge in [0.15, 0.2) is 11.5 Å². The Morgan fingerprint density at radius 2 is 1.74 bits per heavy atom. The number of amides is 1. The Balaban J connectivity index is 1.73. The van der Waals surface area contributed by atoms with E-state index in [-0.39, 0.29) is 23.8 Å². The number of imidazole rings is 1. The van der Waals surface area contributed by atoms with Crippen LogP contribution in [-0.4, -0.2) is 45.2 Å². The highest BCUT2D eigenvalue weighted by Crippen LogP contribution is 2.34. The Morgan fingerprint density at radius 3 is 2.35 bits per heavy atom. The molecule has 0 fully saturated rings. The molecule has 0 atom stereocenters. The van der Waals surface area contributed by atoms with Crippen LogP contribution < -0.4 is 24.7 Å². The van der Waals surface area contributed by atoms with Gasteiger partial charge in [-0.15, -0.1) is 0 Å². The van der Waals surface area contributed by atoms with Crippen molar-refractivity contribution in [2.75, 3.05) is 21.3 Å². The molecule has 0 aliphatic rings. The third-order valence-electron chi connectivity index (χ3n) is 5.41. The SMILES string of the molecule is CCCn1c(CCC(=O)NCc2cc(OC)c(OC)cc2OC)nc2cc(S(N)(=O)=O)ccc21. The Bertz CT molecular complexity index is 1290. The van der Waals surface area contributed by atoms with Crippen molar-refractivity contribution >= 4 is 27.0 Å². The van der Waals surface area contributed by atoms with Gasteiger partial charge in [0, 0.05) is 37.6 Å². The molecule has 0 unspecified atom stereocenters. The first kappa shape index (κ1) is 25.3. The van der Waals surface area contributed by atoms with Gasteiger partial charge in [0.05, 0.1) is 37.3 Å². The van der Waals surface area contributed by atoms with Crippen LogP contribution in [0.2, 0.25) is 0 Å². The van der Waals surface area contributed by atoms with Crippen LogP contribution in [0.4, 0.5) is 0 Å². The second kappa shape index (κ2) is 10.7. The quantitative estimate of drug-likeness (QED) is 0.421. The van der Waals surface area contributed by atoms with Gasteiger partial charge in [0.2, 0.25) is 15.9 Å². The number of hydrogen-bond acceptors (Lipinski definition) is 7. The van der Waals surface area contributed by atoms with Crippen molar-refractivity contribution in [3.05, 3.63) is 41.7 Å². The number of rotatable bonds is 11. The zero-order valence-corrected chi connectivity index (χ0v) is 20.6. The average Bonchev–Trinajstić information content (AvgIpc) is 3.17. The molecule has 0 bridgehead atoms. The van der Waals surface area contributed by atoms with Crippen LogP contribution in [0.15, 0.2) is 35.2 Å². The van der Waals surface area contributed by atoms with Gasteiger partial charge >= 0.3 is 0 Å². The molecule has 1 amide bonds. The predicted octanol–water partition coefficient (Wildman–Crippen LogP) is 2.37. The summed E-state index contributed by atoms with van der Waals surface area (Å²) < 4.78 is 41.4. The van der Waals surface area contributed by atoms with Gasteiger partial charge in [-0.1, -0.05) is 6.92 Å². The fourth-order valence-corrected chi connectivity index (χ4v) is 4.27. The highest BCUT2D eigenvalue weighted by molar-refractivity contribution is 7.89. The zero-order valence-electron chi connectivity index (χ0n) is 19.8. The lowest BCUT2D eigenvalue weighted by atomic mass is 10.1. The van der Waals surface area contributed by atoms with Gasteiger partial charge in [-0.2, -0.15) is 0 Å². The molecule has 0 saturated carbocycles. The number of hydrogen-bond donors (Lipinski definition) is 2. The Kier molecular flexibility index (Phi) is 8.00. The van der Waals surface area contributed by atoms with E-state index in [1.807, 2.05) is 11.5 Å². The second-order valence-electron chi connectivity index (χ2n) is 7.67. The molecule has 1 aromatic heterocycles. The van der Waals surface area contributed by atoms with E-state index in [1.165, 1.54) is 12.1 Å². The molecule has 0 saturated heterocycles. The summed E-state index contributed by atoms with van der Waals surface area (Å²) in [6, 6.07) is 8.11. The van der Waals surface area contributed by atoms with E-state index in [0.29, 0.717) is 41.6 Å². The van der Waals surface area contributed by atoms with Crippen LogP contribution in [0.25, 0.3) is 11.0 Å². The van der Waals surface area contributed by atoms with Crippen LogP contribution >= 0.6 is 0 Å². The Hall–Kier alpha value is -3.31. The molecule has 1 heterocycles. The van der Waals surface area contributed by atoms with Gasteiger partial charge < -0.3 is 24.1 Å². The van der Waals surface area contributed by atoms with Crippen molar-refractivity contribution in [3.8, 4) is 17.2 Å². The van der Waals surface area contributed by atoms with E-state index in [9.17, 15) is 13.2 Å². The van der Waals surface area contributed by atoms with Crippen LogP contribution in [0.5, 0.6) is 17.2 Å². The number of carbonyl (C=O) groups is 1. The van der Waals surface area contributed by atoms with Crippen LogP contribution in [0.1, 0.15) is 31.2 Å². The monoisotopic (exact) mass is 490 g/mol. The smallest absolute Gasteiger partial charge is 0.238 e. The number of aromatic nitrogens is 2. The predicted molar refractivity (Wildman–Crippen MR) is 128 cm³/mol. The standard InChI is InChI=1S/C23H30N4O6S/c1-5-10-27-18-7-6-16(34(24,29)30)12-17(18)26-22(27)8-9-23(28)25-14-15-11-20(32-3)21(33-4)13-19(15)31-2/h6-7,11-13H,5,8-10,14H2,1-4H3,(H,25,28)(H2,24,29,30). The number of ether oxygens (including phenoxy) is 3. The molecule has 3 N–H and O–H groups in total. The molecule has 2 aromatic carbocycles. The summed E-state index contributed by atoms with van der Waals surface area (Å²) in [5, 5.41) is 8.15. The first-order chi connectivity index (χ1) is 16.2. The molecular formula is C23H30N4O6S. The number of aryl methyl sites for hydroxylation is 2. The maximum atomic E-state index is 12.6. The van der Waals surface area contributed by atoms with E-state index in [0.717, 1.165) is 17.5 Å². The van der Waals surface area contributed by atoms with Crippen molar-refractivity contribution in [3.63, 3.8) is 0 Å². The fourth-order valence-electron chi connectivity index (χ4n) is 3.74. The molecule has 3 rings (SSSR count). The number of methoxy groups -OCH3 is 3. The Labute approximate surface area is 199 Å². The van der Waals surface area contributed by atoms with Crippen molar-refractivity contribution in [2.45, 2.75) is 44.2 Å². The minimum Gasteiger partial charge on any atom is -0.496 e. The summed E-state index contributed by atoms with van der Waals surface area (Å²) in [6.45, 7) is 2.99. The number of benzene rings is 2. The van der Waals surface area contributed by atoms with Crippen LogP contribution in [0, 0.1) is 0 Å². The number of primary sulfonamides is 1. The minimum atomic E-state index is -3.83. The average molecular weight is 491 g/mol. The van der Waals surface area contributed by atoms with Gasteiger partial charge in [-0.3, -0.25) is 4.79 Å². The third kappa shape index (κ3) is 5.60. The minimum absolute atomic E-state index is 0.00862. The topological polar surface area (TPSA) is 135 Å². The first-order valence-electron chi connectivity index (χ1n) is 10.8. The molecule has 10 nitrogen and oxygen atoms in total. The molecule has 184 valence electrons. The van der Waals surface area contributed by atoms with Crippen molar-refractivity contribution < 1.29 is 27.4 Å². The first-order valence-corrected chi connectivity index (χ1v) is 12.3. The number of nitrogens with one attached hydrogen (secondary N) is 1. The van der Waals surface area contributed by atoms with E-state index < -0.39 is 10.0 Å². The molecule has 0 spiro atoms. The van der Waals surface area contributed by atoms with Gasteiger partial charge in [-0.25, -0.2) is 18.5 Å². The highest BCUT2D eigenvalue weighted by atomic mass is 32.2. The van der Waals surface area contributed by atoms with Crippen LogP contribution in [-0.2, 0) is 34.3 Å². The lowest BCUT2D eigenvalue weighted by molar-refractivity contribution is -0.121. The van der Waals surface area contributed by atoms with Gasteiger partial charge in [0.1, 0.15) is 11.6 Å². The van der Waals surface area contributed by atoms with E-state index in [1.54, 1.807) is 39.5 Å². The summed E-state index contributed by atoms with van der Waals surface area (Å²) in [5.41, 5.74) is 2.09. The zero-order chi connectivity index (χ0) is 24.9. The number of fused-ring (bicyclic) bond motifs is 1. The Morgan fingerprint density at radius 1 is 1.06 bits per heavy atom. The third-order valence-corrected chi connectivity index (χ3v) is 6.32. The number of carbonyl (C=O) groups excluding carboxylic acids is 1. The van der Waals surface area contributed by atoms with Gasteiger partial charge in [-0.05, 0) is 30.7 Å². The normalized spacial score (nSPS) is 11.4. The maximum absolute atomic E-state index is 12.6. The summed E-state index contributed by atoms with van der Waals surface area (Å²) in [4.78, 5) is 17.2. The lowest BCUT2D eigenvalue weighted by Gasteiger charge is -2.14. The summed E-state index contributed by atoms with van der Waals surface area (Å²) in [6.07, 6.45) is 1.47. The van der Waals surface area contributed by atoms with Crippen molar-refractivity contribution in [1.29, 1.82) is 0 Å². The van der Waals surface area contributed by atoms with E-state index in [2.05, 4.69) is 10.3 Å². The van der Waals surface area contributed by atoms with Gasteiger partial charge in [0.25, 0.3) is 0 Å². The summed E-state index contributed by atoms with van der Waals surface area (Å²) in [5.74, 6) is 2.21. The number of nitrogens with two attached hydrogens (primary N) is 1. The molecular weight excluding hydrogens is 460 g/mol. The van der Waals surface area contributed by atoms with Crippen molar-refractivity contribution in [1.82, 2.24) is 14.9 Å².